The molecule has 1 amide bonds. The highest BCUT2D eigenvalue weighted by Gasteiger charge is 2.33. The monoisotopic (exact) mass is 457 g/mol. The number of amides is 1. The van der Waals surface area contributed by atoms with Gasteiger partial charge in [0.15, 0.2) is 0 Å². The van der Waals surface area contributed by atoms with Crippen molar-refractivity contribution in [2.45, 2.75) is 37.9 Å². The Morgan fingerprint density at radius 2 is 1.76 bits per heavy atom. The first kappa shape index (κ1) is 22.9. The molecule has 8 heteroatoms. The molecule has 0 saturated heterocycles. The zero-order valence-corrected chi connectivity index (χ0v) is 18.3. The van der Waals surface area contributed by atoms with E-state index in [-0.39, 0.29) is 11.9 Å². The number of nitrogens with zero attached hydrogens (tertiary/aromatic N) is 1. The number of fused-ring (bicyclic) bond motifs is 1. The van der Waals surface area contributed by atoms with Crippen LogP contribution < -0.4 is 15.4 Å². The molecule has 0 unspecified atom stereocenters. The average Bonchev–Trinajstić information content (AvgIpc) is 2.82. The first-order valence-electron chi connectivity index (χ1n) is 11.0. The van der Waals surface area contributed by atoms with Crippen LogP contribution in [0.2, 0.25) is 0 Å². The van der Waals surface area contributed by atoms with Crippen molar-refractivity contribution in [1.82, 2.24) is 10.3 Å². The third-order valence-electron chi connectivity index (χ3n) is 6.12. The van der Waals surface area contributed by atoms with Crippen LogP contribution in [0.15, 0.2) is 54.6 Å². The molecule has 0 bridgehead atoms. The molecule has 0 radical (unpaired) electrons. The number of hydrogen-bond acceptors (Lipinski definition) is 4. The number of benzene rings is 2. The molecule has 0 spiro atoms. The van der Waals surface area contributed by atoms with Crippen LogP contribution in [0.5, 0.6) is 5.75 Å². The molecule has 5 nitrogen and oxygen atoms in total. The van der Waals surface area contributed by atoms with Gasteiger partial charge in [-0.25, -0.2) is 4.98 Å². The molecule has 0 aliphatic heterocycles. The van der Waals surface area contributed by atoms with Crippen molar-refractivity contribution < 1.29 is 22.7 Å². The lowest BCUT2D eigenvalue weighted by Gasteiger charge is -2.29. The van der Waals surface area contributed by atoms with Gasteiger partial charge < -0.3 is 15.4 Å². The number of pyridine rings is 1. The number of carbonyl (C=O) groups is 1. The number of aromatic nitrogens is 1. The van der Waals surface area contributed by atoms with Crippen LogP contribution >= 0.6 is 0 Å². The van der Waals surface area contributed by atoms with E-state index in [1.807, 2.05) is 0 Å². The molecule has 33 heavy (non-hydrogen) atoms. The number of nitrogens with one attached hydrogen (secondary N) is 2. The van der Waals surface area contributed by atoms with Crippen LogP contribution in [0.4, 0.5) is 18.9 Å². The van der Waals surface area contributed by atoms with Gasteiger partial charge in [-0.15, -0.1) is 0 Å². The highest BCUT2D eigenvalue weighted by molar-refractivity contribution is 5.94. The summed E-state index contributed by atoms with van der Waals surface area (Å²) >= 11 is 0. The normalized spacial score (nSPS) is 18.7. The summed E-state index contributed by atoms with van der Waals surface area (Å²) in [7, 11) is 1.58. The number of ether oxygens (including phenoxy) is 1. The fourth-order valence-corrected chi connectivity index (χ4v) is 4.24. The SMILES string of the molecule is COc1ccc(C(=O)N[C@H]2CC[C@@H](CNc3cc(C(F)(F)F)nc4ccccc34)CC2)cc1. The van der Waals surface area contributed by atoms with Crippen molar-refractivity contribution in [2.24, 2.45) is 5.92 Å². The number of rotatable bonds is 6. The van der Waals surface area contributed by atoms with Crippen molar-refractivity contribution in [3.05, 3.63) is 65.9 Å². The molecule has 0 atom stereocenters. The lowest BCUT2D eigenvalue weighted by atomic mass is 9.85. The summed E-state index contributed by atoms with van der Waals surface area (Å²) in [6.07, 6.45) is -1.07. The zero-order valence-electron chi connectivity index (χ0n) is 18.3. The second-order valence-corrected chi connectivity index (χ2v) is 8.37. The topological polar surface area (TPSA) is 63.2 Å². The summed E-state index contributed by atoms with van der Waals surface area (Å²) in [6, 6.07) is 15.0. The van der Waals surface area contributed by atoms with E-state index in [0.29, 0.717) is 40.4 Å². The summed E-state index contributed by atoms with van der Waals surface area (Å²) in [5.74, 6) is 0.909. The number of alkyl halides is 3. The van der Waals surface area contributed by atoms with Gasteiger partial charge in [0, 0.05) is 29.2 Å². The van der Waals surface area contributed by atoms with Gasteiger partial charge in [0.05, 0.1) is 12.6 Å². The van der Waals surface area contributed by atoms with Gasteiger partial charge in [-0.3, -0.25) is 4.79 Å². The number of halogens is 3. The minimum Gasteiger partial charge on any atom is -0.497 e. The van der Waals surface area contributed by atoms with Gasteiger partial charge in [0.25, 0.3) is 5.91 Å². The molecule has 2 aromatic carbocycles. The Bertz CT molecular complexity index is 1110. The number of carbonyl (C=O) groups excluding carboxylic acids is 1. The Labute approximate surface area is 190 Å². The van der Waals surface area contributed by atoms with Crippen molar-refractivity contribution in [3.8, 4) is 5.75 Å². The molecular formula is C25H26F3N3O2. The Morgan fingerprint density at radius 3 is 2.42 bits per heavy atom. The lowest BCUT2D eigenvalue weighted by Crippen LogP contribution is -2.38. The summed E-state index contributed by atoms with van der Waals surface area (Å²) in [6.45, 7) is 0.574. The molecule has 1 aromatic heterocycles. The maximum atomic E-state index is 13.3. The van der Waals surface area contributed by atoms with Gasteiger partial charge >= 0.3 is 6.18 Å². The standard InChI is InChI=1S/C25H26F3N3O2/c1-33-19-12-8-17(9-13-19)24(32)30-18-10-6-16(7-11-18)15-29-22-14-23(25(26,27)28)31-21-5-3-2-4-20(21)22/h2-5,8-9,12-14,16,18H,6-7,10-11,15H2,1H3,(H,29,31)(H,30,32)/t16-,18+. The van der Waals surface area contributed by atoms with Gasteiger partial charge in [0.1, 0.15) is 11.4 Å². The first-order valence-corrected chi connectivity index (χ1v) is 11.0. The Balaban J connectivity index is 1.33. The van der Waals surface area contributed by atoms with E-state index in [0.717, 1.165) is 31.7 Å². The Hall–Kier alpha value is -3.29. The predicted octanol–water partition coefficient (Wildman–Crippen LogP) is 5.66. The van der Waals surface area contributed by atoms with Gasteiger partial charge in [-0.2, -0.15) is 13.2 Å². The predicted molar refractivity (Wildman–Crippen MR) is 121 cm³/mol. The third-order valence-corrected chi connectivity index (χ3v) is 6.12. The number of methoxy groups -OCH3 is 1. The Kier molecular flexibility index (Phi) is 6.72. The van der Waals surface area contributed by atoms with Crippen molar-refractivity contribution in [3.63, 3.8) is 0 Å². The van der Waals surface area contributed by atoms with Crippen molar-refractivity contribution in [2.75, 3.05) is 19.0 Å². The summed E-state index contributed by atoms with van der Waals surface area (Å²) in [5.41, 5.74) is 0.459. The first-order chi connectivity index (χ1) is 15.8. The quantitative estimate of drug-likeness (QED) is 0.501. The minimum absolute atomic E-state index is 0.0921. The Morgan fingerprint density at radius 1 is 1.06 bits per heavy atom. The van der Waals surface area contributed by atoms with Crippen LogP contribution in [0.3, 0.4) is 0 Å². The van der Waals surface area contributed by atoms with E-state index in [1.54, 1.807) is 55.6 Å². The third kappa shape index (κ3) is 5.56. The molecule has 1 heterocycles. The lowest BCUT2D eigenvalue weighted by molar-refractivity contribution is -0.140. The molecule has 2 N–H and O–H groups in total. The number of para-hydroxylation sites is 1. The van der Waals surface area contributed by atoms with Crippen molar-refractivity contribution in [1.29, 1.82) is 0 Å². The molecule has 1 aliphatic rings. The van der Waals surface area contributed by atoms with Gasteiger partial charge in [-0.1, -0.05) is 18.2 Å². The second kappa shape index (κ2) is 9.68. The molecule has 4 rings (SSSR count). The second-order valence-electron chi connectivity index (χ2n) is 8.37. The van der Waals surface area contributed by atoms with Crippen LogP contribution in [0.25, 0.3) is 10.9 Å². The fraction of sp³-hybridized carbons (Fsp3) is 0.360. The molecule has 1 fully saturated rings. The van der Waals surface area contributed by atoms with Crippen LogP contribution in [-0.4, -0.2) is 30.6 Å². The van der Waals surface area contributed by atoms with E-state index in [4.69, 9.17) is 4.74 Å². The molecule has 1 saturated carbocycles. The highest BCUT2D eigenvalue weighted by atomic mass is 19.4. The summed E-state index contributed by atoms with van der Waals surface area (Å²) < 4.78 is 44.9. The van der Waals surface area contributed by atoms with E-state index in [9.17, 15) is 18.0 Å². The van der Waals surface area contributed by atoms with Crippen LogP contribution in [-0.2, 0) is 6.18 Å². The van der Waals surface area contributed by atoms with E-state index in [2.05, 4.69) is 15.6 Å². The maximum Gasteiger partial charge on any atom is 0.433 e. The number of anilines is 1. The molecule has 1 aliphatic carbocycles. The van der Waals surface area contributed by atoms with E-state index < -0.39 is 11.9 Å². The molecule has 174 valence electrons. The average molecular weight is 457 g/mol. The fourth-order valence-electron chi connectivity index (χ4n) is 4.24. The number of hydrogen-bond donors (Lipinski definition) is 2. The van der Waals surface area contributed by atoms with Crippen LogP contribution in [0, 0.1) is 5.92 Å². The zero-order chi connectivity index (χ0) is 23.4. The summed E-state index contributed by atoms with van der Waals surface area (Å²) in [5, 5.41) is 6.98. The van der Waals surface area contributed by atoms with Crippen molar-refractivity contribution >= 4 is 22.5 Å². The van der Waals surface area contributed by atoms with E-state index >= 15 is 0 Å². The van der Waals surface area contributed by atoms with Crippen LogP contribution in [0.1, 0.15) is 41.7 Å². The smallest absolute Gasteiger partial charge is 0.433 e. The van der Waals surface area contributed by atoms with Gasteiger partial charge in [-0.05, 0) is 68.0 Å². The van der Waals surface area contributed by atoms with E-state index in [1.165, 1.54) is 0 Å². The molecule has 3 aromatic rings. The summed E-state index contributed by atoms with van der Waals surface area (Å²) in [4.78, 5) is 16.2. The van der Waals surface area contributed by atoms with Gasteiger partial charge in [0.2, 0.25) is 0 Å². The maximum absolute atomic E-state index is 13.3. The highest BCUT2D eigenvalue weighted by Crippen LogP contribution is 2.33. The largest absolute Gasteiger partial charge is 0.497 e. The minimum atomic E-state index is -4.50. The molecular weight excluding hydrogens is 431 g/mol.